The molecule has 0 saturated carbocycles. The molecule has 5 aromatic heterocycles. The number of aromatic carboxylic acids is 1. The van der Waals surface area contributed by atoms with Gasteiger partial charge in [-0.2, -0.15) is 0 Å². The van der Waals surface area contributed by atoms with Gasteiger partial charge in [-0.1, -0.05) is 60.7 Å². The van der Waals surface area contributed by atoms with Gasteiger partial charge in [-0.25, -0.2) is 45.9 Å². The number of carboxylic acid groups (broad SMARTS) is 1. The standard InChI is InChI=1S/C16H17FN2O3.C13H10FNO3.C12H8FNO3.C11H9FN2O.C7H6O4.C6H6FN/c1-16(2,3)22-15(21)18-12-8-6-10-19(14(12)20)13-9-5-4-7-11(13)17;1-18-13(17)9-5-4-8-15(12(9)16)11-7-3-2-6-10(11)14;13-9-5-1-2-6-10(9)14-7-3-4-8(11(14)15)12(16)17;12-8-4-1-2-6-10(8)14-7-3-5-9(13)11(14)15;1-10-6(8)5-3-2-4-11-7(5)9;7-5-3-1-2-4-6(5)8/h4-10H,1-3H3,(H,18,21);2-8H,1H3;1-7H,(H,16,17);1-7H,13H2;2-4H,1H3;1-4H,8H2. The first kappa shape index (κ1) is 69.6. The van der Waals surface area contributed by atoms with Crippen molar-refractivity contribution in [2.45, 2.75) is 26.4 Å². The van der Waals surface area contributed by atoms with E-state index in [0.29, 0.717) is 0 Å². The Morgan fingerprint density at radius 1 is 0.440 bits per heavy atom. The highest BCUT2D eigenvalue weighted by atomic mass is 19.1. The van der Waals surface area contributed by atoms with Crippen molar-refractivity contribution < 1.29 is 64.9 Å². The van der Waals surface area contributed by atoms with Gasteiger partial charge < -0.3 is 35.2 Å². The maximum Gasteiger partial charge on any atom is 0.412 e. The molecule has 91 heavy (non-hydrogen) atoms. The first-order valence-corrected chi connectivity index (χ1v) is 26.4. The molecule has 21 nitrogen and oxygen atoms in total. The van der Waals surface area contributed by atoms with Gasteiger partial charge in [0.2, 0.25) is 0 Å². The first-order valence-electron chi connectivity index (χ1n) is 26.4. The molecule has 26 heteroatoms. The van der Waals surface area contributed by atoms with Crippen LogP contribution in [0.4, 0.5) is 43.8 Å². The molecular weight excluding hydrogens is 1200 g/mol. The number of ether oxygens (including phenoxy) is 3. The Balaban J connectivity index is 0.000000203. The fourth-order valence-corrected chi connectivity index (χ4v) is 7.38. The van der Waals surface area contributed by atoms with Crippen molar-refractivity contribution >= 4 is 41.1 Å². The number of benzene rings is 5. The number of para-hydroxylation sites is 5. The maximum atomic E-state index is 13.8. The normalized spacial score (nSPS) is 10.2. The Morgan fingerprint density at radius 2 is 0.791 bits per heavy atom. The molecule has 10 rings (SSSR count). The van der Waals surface area contributed by atoms with Gasteiger partial charge in [0, 0.05) is 24.8 Å². The summed E-state index contributed by atoms with van der Waals surface area (Å²) >= 11 is 0. The van der Waals surface area contributed by atoms with Gasteiger partial charge in [-0.3, -0.25) is 42.8 Å². The molecule has 0 saturated heterocycles. The van der Waals surface area contributed by atoms with Crippen LogP contribution in [-0.4, -0.2) is 67.2 Å². The SMILES string of the molecule is CC(C)(C)OC(=O)Nc1cccn(-c2ccccc2F)c1=O.COC(=O)c1cccn(-c2ccccc2F)c1=O.COC(=O)c1cccoc1=O.Nc1ccccc1F.Nc1cccn(-c2ccccc2F)c1=O.O=C(O)c1cccn(-c2ccccc2F)c1=O. The number of carbonyl (C=O) groups excluding carboxylic acids is 3. The highest BCUT2D eigenvalue weighted by molar-refractivity contribution is 5.89. The summed E-state index contributed by atoms with van der Waals surface area (Å²) in [4.78, 5) is 103. The van der Waals surface area contributed by atoms with E-state index in [1.165, 1.54) is 177 Å². The van der Waals surface area contributed by atoms with Gasteiger partial charge in [-0.15, -0.1) is 0 Å². The number of aromatic nitrogens is 4. The summed E-state index contributed by atoms with van der Waals surface area (Å²) in [6.45, 7) is 5.15. The molecule has 0 unspecified atom stereocenters. The molecule has 6 N–H and O–H groups in total. The largest absolute Gasteiger partial charge is 0.477 e. The third-order valence-electron chi connectivity index (χ3n) is 11.6. The lowest BCUT2D eigenvalue weighted by Gasteiger charge is -2.19. The lowest BCUT2D eigenvalue weighted by molar-refractivity contribution is 0.0587. The minimum atomic E-state index is -1.33. The van der Waals surface area contributed by atoms with Crippen LogP contribution in [0.3, 0.4) is 0 Å². The fourth-order valence-electron chi connectivity index (χ4n) is 7.38. The summed E-state index contributed by atoms with van der Waals surface area (Å²) < 4.78 is 89.1. The molecule has 0 fully saturated rings. The van der Waals surface area contributed by atoms with Crippen molar-refractivity contribution in [2.75, 3.05) is 31.0 Å². The van der Waals surface area contributed by atoms with Crippen molar-refractivity contribution in [3.63, 3.8) is 0 Å². The Labute approximate surface area is 513 Å². The van der Waals surface area contributed by atoms with Crippen molar-refractivity contribution in [2.24, 2.45) is 0 Å². The number of hydrogen-bond acceptors (Lipinski definition) is 15. The van der Waals surface area contributed by atoms with Crippen LogP contribution in [0.25, 0.3) is 22.7 Å². The minimum absolute atomic E-state index is 0.0139. The van der Waals surface area contributed by atoms with Gasteiger partial charge in [0.1, 0.15) is 57.1 Å². The summed E-state index contributed by atoms with van der Waals surface area (Å²) in [6, 6.07) is 43.8. The number of halogens is 5. The summed E-state index contributed by atoms with van der Waals surface area (Å²) in [5.41, 5.74) is 7.04. The van der Waals surface area contributed by atoms with Crippen LogP contribution < -0.4 is 44.6 Å². The van der Waals surface area contributed by atoms with Gasteiger partial charge in [0.05, 0.1) is 54.6 Å². The second-order valence-corrected chi connectivity index (χ2v) is 19.0. The second kappa shape index (κ2) is 33.1. The van der Waals surface area contributed by atoms with E-state index < -0.39 is 86.3 Å². The third kappa shape index (κ3) is 19.6. The van der Waals surface area contributed by atoms with E-state index in [1.807, 2.05) is 0 Å². The van der Waals surface area contributed by atoms with Crippen LogP contribution >= 0.6 is 0 Å². The molecule has 1 amide bonds. The van der Waals surface area contributed by atoms with Crippen molar-refractivity contribution in [1.82, 2.24) is 18.3 Å². The molecule has 0 aliphatic rings. The highest BCUT2D eigenvalue weighted by Gasteiger charge is 2.19. The van der Waals surface area contributed by atoms with Crippen LogP contribution in [0.5, 0.6) is 0 Å². The van der Waals surface area contributed by atoms with E-state index >= 15 is 0 Å². The highest BCUT2D eigenvalue weighted by Crippen LogP contribution is 2.16. The lowest BCUT2D eigenvalue weighted by atomic mass is 10.2. The van der Waals surface area contributed by atoms with Gasteiger partial charge >= 0.3 is 29.6 Å². The second-order valence-electron chi connectivity index (χ2n) is 19.0. The molecule has 5 heterocycles. The van der Waals surface area contributed by atoms with Crippen LogP contribution in [0.15, 0.2) is 241 Å². The van der Waals surface area contributed by atoms with E-state index in [9.17, 15) is 65.1 Å². The number of carboxylic acids is 1. The minimum Gasteiger partial charge on any atom is -0.477 e. The Hall–Kier alpha value is -12.2. The first-order chi connectivity index (χ1) is 43.3. The summed E-state index contributed by atoms with van der Waals surface area (Å²) in [5, 5.41) is 11.2. The number of carbonyl (C=O) groups is 4. The molecule has 0 aliphatic heterocycles. The predicted molar refractivity (Wildman–Crippen MR) is 328 cm³/mol. The average Bonchev–Trinajstić information content (AvgIpc) is 1.37. The molecule has 0 atom stereocenters. The molecule has 0 spiro atoms. The number of pyridine rings is 4. The van der Waals surface area contributed by atoms with Crippen molar-refractivity contribution in [1.29, 1.82) is 0 Å². The number of rotatable bonds is 8. The summed E-state index contributed by atoms with van der Waals surface area (Å²) in [6.07, 6.45) is 6.10. The van der Waals surface area contributed by atoms with Gasteiger partial charge in [0.25, 0.3) is 22.2 Å². The zero-order valence-corrected chi connectivity index (χ0v) is 48.8. The number of nitrogens with zero attached hydrogens (tertiary/aromatic N) is 4. The summed E-state index contributed by atoms with van der Waals surface area (Å²) in [7, 11) is 2.39. The lowest BCUT2D eigenvalue weighted by Crippen LogP contribution is -2.30. The predicted octanol–water partition coefficient (Wildman–Crippen LogP) is 10.2. The molecule has 10 aromatic rings. The average molecular weight is 1250 g/mol. The van der Waals surface area contributed by atoms with E-state index in [0.717, 1.165) is 13.7 Å². The molecule has 470 valence electrons. The quantitative estimate of drug-likeness (QED) is 0.0476. The van der Waals surface area contributed by atoms with E-state index in [2.05, 4.69) is 19.2 Å². The smallest absolute Gasteiger partial charge is 0.412 e. The monoisotopic (exact) mass is 1250 g/mol. The maximum absolute atomic E-state index is 13.8. The third-order valence-corrected chi connectivity index (χ3v) is 11.6. The van der Waals surface area contributed by atoms with Crippen LogP contribution in [0, 0.1) is 29.1 Å². The van der Waals surface area contributed by atoms with Crippen LogP contribution in [0.1, 0.15) is 51.8 Å². The van der Waals surface area contributed by atoms with Crippen LogP contribution in [0.2, 0.25) is 0 Å². The summed E-state index contributed by atoms with van der Waals surface area (Å²) in [5.74, 6) is -5.22. The number of nitrogens with one attached hydrogen (secondary N) is 1. The Bertz CT molecular complexity index is 4480. The number of amides is 1. The van der Waals surface area contributed by atoms with E-state index in [1.54, 1.807) is 75.4 Å². The number of nitrogens with two attached hydrogens (primary N) is 2. The van der Waals surface area contributed by atoms with E-state index in [-0.39, 0.29) is 56.8 Å². The fraction of sp³-hybridized carbons (Fsp3) is 0.0923. The number of nitrogen functional groups attached to an aromatic ring is 2. The van der Waals surface area contributed by atoms with Crippen molar-refractivity contribution in [3.8, 4) is 22.7 Å². The van der Waals surface area contributed by atoms with Gasteiger partial charge in [0.15, 0.2) is 0 Å². The zero-order chi connectivity index (χ0) is 67.0. The Kier molecular flexibility index (Phi) is 25.3. The number of anilines is 3. The number of esters is 2. The van der Waals surface area contributed by atoms with Gasteiger partial charge in [-0.05, 0) is 142 Å². The number of methoxy groups -OCH3 is 2. The topological polar surface area (TPSA) is 298 Å². The number of hydrogen-bond donors (Lipinski definition) is 4. The molecule has 5 aromatic carbocycles. The van der Waals surface area contributed by atoms with E-state index in [4.69, 9.17) is 21.3 Å². The molecular formula is C65H56F5N7O14. The molecule has 0 aliphatic carbocycles. The zero-order valence-electron chi connectivity index (χ0n) is 48.8. The Morgan fingerprint density at radius 3 is 1.19 bits per heavy atom. The van der Waals surface area contributed by atoms with Crippen LogP contribution in [-0.2, 0) is 14.2 Å². The molecule has 0 bridgehead atoms. The van der Waals surface area contributed by atoms with Crippen molar-refractivity contribution in [3.05, 3.63) is 311 Å². The molecule has 0 radical (unpaired) electrons.